The predicted molar refractivity (Wildman–Crippen MR) is 87.3 cm³/mol. The predicted octanol–water partition coefficient (Wildman–Crippen LogP) is 1.44. The van der Waals surface area contributed by atoms with Crippen LogP contribution in [0.3, 0.4) is 0 Å². The van der Waals surface area contributed by atoms with Crippen LogP contribution in [0.2, 0.25) is 0 Å². The van der Waals surface area contributed by atoms with E-state index in [2.05, 4.69) is 23.3 Å². The molecule has 22 heavy (non-hydrogen) atoms. The fraction of sp³-hybridized carbons (Fsp3) is 0.500. The summed E-state index contributed by atoms with van der Waals surface area (Å²) in [6.07, 6.45) is 2.97. The third-order valence-electron chi connectivity index (χ3n) is 3.95. The molecule has 0 aromatic heterocycles. The molecule has 1 aliphatic rings. The fourth-order valence-electron chi connectivity index (χ4n) is 2.59. The van der Waals surface area contributed by atoms with E-state index in [-0.39, 0.29) is 23.5 Å². The molecule has 1 aromatic carbocycles. The number of phenols is 1. The molecule has 0 aliphatic carbocycles. The quantitative estimate of drug-likeness (QED) is 0.598. The molecule has 1 amide bonds. The summed E-state index contributed by atoms with van der Waals surface area (Å²) in [6.45, 7) is 2.34. The van der Waals surface area contributed by atoms with E-state index in [1.165, 1.54) is 6.92 Å². The number of carbonyl (C=O) groups is 2. The molecule has 1 aliphatic heterocycles. The van der Waals surface area contributed by atoms with Crippen LogP contribution in [0, 0.1) is 0 Å². The van der Waals surface area contributed by atoms with E-state index in [1.54, 1.807) is 18.2 Å². The van der Waals surface area contributed by atoms with Crippen LogP contribution in [0.1, 0.15) is 31.7 Å². The Hall–Kier alpha value is -1.53. The molecule has 2 unspecified atom stereocenters. The largest absolute Gasteiger partial charge is 0.507 e. The van der Waals surface area contributed by atoms with Gasteiger partial charge in [0.25, 0.3) is 0 Å². The summed E-state index contributed by atoms with van der Waals surface area (Å²) < 4.78 is 0. The first-order valence-electron chi connectivity index (χ1n) is 7.52. The Labute approximate surface area is 135 Å². The molecule has 120 valence electrons. The standard InChI is InChI=1S/C16H22N2O3S/c1-10(19)12(18-16(21)13-3-2-8-17-13)6-4-11-5-7-14(20)15(22)9-11/h5,7,9,12-13,17,20,22H,2-4,6,8H2,1H3,(H,18,21). The van der Waals surface area contributed by atoms with Crippen molar-refractivity contribution in [1.29, 1.82) is 0 Å². The molecule has 3 N–H and O–H groups in total. The summed E-state index contributed by atoms with van der Waals surface area (Å²) in [6, 6.07) is 4.50. The highest BCUT2D eigenvalue weighted by atomic mass is 32.1. The van der Waals surface area contributed by atoms with Crippen LogP contribution in [0.25, 0.3) is 0 Å². The molecule has 0 radical (unpaired) electrons. The maximum atomic E-state index is 12.1. The highest BCUT2D eigenvalue weighted by Crippen LogP contribution is 2.22. The molecule has 0 bridgehead atoms. The van der Waals surface area contributed by atoms with Gasteiger partial charge in [0.15, 0.2) is 5.78 Å². The SMILES string of the molecule is CC(=O)C(CCc1ccc(O)c(S)c1)NC(=O)C1CCCN1. The second-order valence-corrected chi connectivity index (χ2v) is 6.16. The number of thiol groups is 1. The first-order valence-corrected chi connectivity index (χ1v) is 7.97. The summed E-state index contributed by atoms with van der Waals surface area (Å²) >= 11 is 4.17. The number of amides is 1. The van der Waals surface area contributed by atoms with Gasteiger partial charge in [0.05, 0.1) is 12.1 Å². The van der Waals surface area contributed by atoms with Crippen molar-refractivity contribution in [2.75, 3.05) is 6.54 Å². The van der Waals surface area contributed by atoms with Gasteiger partial charge in [-0.15, -0.1) is 12.6 Å². The molecule has 6 heteroatoms. The van der Waals surface area contributed by atoms with Crippen LogP contribution in [0.15, 0.2) is 23.1 Å². The third kappa shape index (κ3) is 4.48. The van der Waals surface area contributed by atoms with Crippen LogP contribution in [-0.4, -0.2) is 35.4 Å². The average molecular weight is 322 g/mol. The van der Waals surface area contributed by atoms with Crippen molar-refractivity contribution in [3.05, 3.63) is 23.8 Å². The number of ketones is 1. The van der Waals surface area contributed by atoms with E-state index in [1.807, 2.05) is 0 Å². The zero-order valence-corrected chi connectivity index (χ0v) is 13.5. The number of carbonyl (C=O) groups excluding carboxylic acids is 2. The molecule has 1 heterocycles. The Kier molecular flexibility index (Phi) is 5.85. The maximum absolute atomic E-state index is 12.1. The van der Waals surface area contributed by atoms with E-state index in [9.17, 15) is 14.7 Å². The number of benzene rings is 1. The van der Waals surface area contributed by atoms with Gasteiger partial charge in [0, 0.05) is 4.90 Å². The molecule has 2 atom stereocenters. The Morgan fingerprint density at radius 1 is 1.50 bits per heavy atom. The van der Waals surface area contributed by atoms with Gasteiger partial charge in [-0.3, -0.25) is 9.59 Å². The van der Waals surface area contributed by atoms with Crippen LogP contribution in [0.5, 0.6) is 5.75 Å². The lowest BCUT2D eigenvalue weighted by molar-refractivity contribution is -0.128. The molecule has 0 saturated carbocycles. The van der Waals surface area contributed by atoms with Crippen LogP contribution in [0.4, 0.5) is 0 Å². The van der Waals surface area contributed by atoms with Crippen LogP contribution in [-0.2, 0) is 16.0 Å². The first kappa shape index (κ1) is 16.8. The topological polar surface area (TPSA) is 78.4 Å². The Morgan fingerprint density at radius 3 is 2.86 bits per heavy atom. The number of hydrogen-bond donors (Lipinski definition) is 4. The van der Waals surface area contributed by atoms with Gasteiger partial charge in [-0.2, -0.15) is 0 Å². The zero-order valence-electron chi connectivity index (χ0n) is 12.6. The van der Waals surface area contributed by atoms with E-state index >= 15 is 0 Å². The second kappa shape index (κ2) is 7.65. The zero-order chi connectivity index (χ0) is 16.1. The number of nitrogens with one attached hydrogen (secondary N) is 2. The summed E-state index contributed by atoms with van der Waals surface area (Å²) in [5.74, 6) is -0.00896. The summed E-state index contributed by atoms with van der Waals surface area (Å²) in [5.41, 5.74) is 0.974. The average Bonchev–Trinajstić information content (AvgIpc) is 3.00. The minimum atomic E-state index is -0.480. The number of Topliss-reactive ketones (excluding diaryl/α,β-unsaturated/α-hetero) is 1. The summed E-state index contributed by atoms with van der Waals surface area (Å²) in [7, 11) is 0. The minimum Gasteiger partial charge on any atom is -0.507 e. The van der Waals surface area contributed by atoms with Gasteiger partial charge in [-0.1, -0.05) is 6.07 Å². The number of hydrogen-bond acceptors (Lipinski definition) is 5. The lowest BCUT2D eigenvalue weighted by Crippen LogP contribution is -2.47. The monoisotopic (exact) mass is 322 g/mol. The minimum absolute atomic E-state index is 0.0452. The lowest BCUT2D eigenvalue weighted by Gasteiger charge is -2.19. The van der Waals surface area contributed by atoms with Gasteiger partial charge in [-0.25, -0.2) is 0 Å². The van der Waals surface area contributed by atoms with Crippen LogP contribution >= 0.6 is 12.6 Å². The van der Waals surface area contributed by atoms with E-state index in [0.29, 0.717) is 17.7 Å². The van der Waals surface area contributed by atoms with Crippen LogP contribution < -0.4 is 10.6 Å². The third-order valence-corrected chi connectivity index (χ3v) is 4.30. The smallest absolute Gasteiger partial charge is 0.237 e. The van der Waals surface area contributed by atoms with Gasteiger partial charge in [0.1, 0.15) is 5.75 Å². The van der Waals surface area contributed by atoms with Crippen molar-refractivity contribution < 1.29 is 14.7 Å². The van der Waals surface area contributed by atoms with Gasteiger partial charge < -0.3 is 15.7 Å². The van der Waals surface area contributed by atoms with Crippen molar-refractivity contribution in [2.45, 2.75) is 49.6 Å². The summed E-state index contributed by atoms with van der Waals surface area (Å²) in [4.78, 5) is 24.4. The summed E-state index contributed by atoms with van der Waals surface area (Å²) in [5, 5.41) is 15.4. The number of aryl methyl sites for hydroxylation is 1. The molecule has 1 fully saturated rings. The van der Waals surface area contributed by atoms with E-state index in [4.69, 9.17) is 0 Å². The van der Waals surface area contributed by atoms with Gasteiger partial charge in [-0.05, 0) is 56.8 Å². The number of phenolic OH excluding ortho intramolecular Hbond substituents is 1. The van der Waals surface area contributed by atoms with Gasteiger partial charge >= 0.3 is 0 Å². The van der Waals surface area contributed by atoms with Crippen molar-refractivity contribution in [3.8, 4) is 5.75 Å². The molecular formula is C16H22N2O3S. The second-order valence-electron chi connectivity index (χ2n) is 5.68. The van der Waals surface area contributed by atoms with Crippen molar-refractivity contribution in [2.24, 2.45) is 0 Å². The molecule has 2 rings (SSSR count). The van der Waals surface area contributed by atoms with Crippen molar-refractivity contribution in [1.82, 2.24) is 10.6 Å². The molecule has 1 aromatic rings. The Morgan fingerprint density at radius 2 is 2.27 bits per heavy atom. The maximum Gasteiger partial charge on any atom is 0.237 e. The van der Waals surface area contributed by atoms with Gasteiger partial charge in [0.2, 0.25) is 5.91 Å². The molecule has 1 saturated heterocycles. The van der Waals surface area contributed by atoms with Crippen molar-refractivity contribution >= 4 is 24.3 Å². The van der Waals surface area contributed by atoms with Crippen molar-refractivity contribution in [3.63, 3.8) is 0 Å². The Bertz CT molecular complexity index is 556. The molecular weight excluding hydrogens is 300 g/mol. The molecule has 5 nitrogen and oxygen atoms in total. The first-order chi connectivity index (χ1) is 10.5. The van der Waals surface area contributed by atoms with E-state index < -0.39 is 6.04 Å². The molecule has 0 spiro atoms. The number of aromatic hydroxyl groups is 1. The number of rotatable bonds is 6. The lowest BCUT2D eigenvalue weighted by atomic mass is 10.0. The highest BCUT2D eigenvalue weighted by Gasteiger charge is 2.25. The normalized spacial score (nSPS) is 18.9. The Balaban J connectivity index is 1.92. The van der Waals surface area contributed by atoms with E-state index in [0.717, 1.165) is 24.9 Å². The fourth-order valence-corrected chi connectivity index (χ4v) is 2.83. The highest BCUT2D eigenvalue weighted by molar-refractivity contribution is 7.80.